The fraction of sp³-hybridized carbons (Fsp3) is 0.722. The van der Waals surface area contributed by atoms with Gasteiger partial charge in [0.15, 0.2) is 0 Å². The third-order valence-electron chi connectivity index (χ3n) is 5.35. The minimum atomic E-state index is 0.0797. The monoisotopic (exact) mass is 332 g/mol. The summed E-state index contributed by atoms with van der Waals surface area (Å²) in [5.41, 5.74) is 0. The van der Waals surface area contributed by atoms with Gasteiger partial charge in [-0.05, 0) is 44.6 Å². The number of nitrogens with zero attached hydrogens (tertiary/aromatic N) is 4. The molecule has 3 rings (SSSR count). The maximum absolute atomic E-state index is 12.9. The molecule has 0 spiro atoms. The Balaban J connectivity index is 1.64. The second-order valence-corrected chi connectivity index (χ2v) is 7.03. The molecule has 2 atom stereocenters. The molecule has 2 saturated heterocycles. The highest BCUT2D eigenvalue weighted by Gasteiger charge is 2.32. The lowest BCUT2D eigenvalue weighted by Crippen LogP contribution is -2.50. The second-order valence-electron chi connectivity index (χ2n) is 7.03. The number of amides is 2. The van der Waals surface area contributed by atoms with E-state index >= 15 is 0 Å². The molecule has 6 heteroatoms. The zero-order valence-corrected chi connectivity index (χ0v) is 14.6. The van der Waals surface area contributed by atoms with Gasteiger partial charge in [0, 0.05) is 44.9 Å². The molecule has 6 nitrogen and oxygen atoms in total. The van der Waals surface area contributed by atoms with Crippen molar-refractivity contribution in [2.75, 3.05) is 13.1 Å². The standard InChI is InChI=1S/C18H28N4O2/c1-15(23)21-11-4-2-7-16(21)13-18(24)22-12-5-3-8-17(22)14-20-10-6-9-19-20/h6,9-10,16-17H,2-5,7-8,11-14H2,1H3/t16-,17-/m0/s1. The van der Waals surface area contributed by atoms with Crippen molar-refractivity contribution in [2.45, 2.75) is 70.5 Å². The summed E-state index contributed by atoms with van der Waals surface area (Å²) in [7, 11) is 0. The Hall–Kier alpha value is -1.85. The van der Waals surface area contributed by atoms with Gasteiger partial charge in [-0.1, -0.05) is 0 Å². The smallest absolute Gasteiger partial charge is 0.224 e. The highest BCUT2D eigenvalue weighted by molar-refractivity contribution is 5.79. The normalized spacial score (nSPS) is 24.9. The third-order valence-corrected chi connectivity index (χ3v) is 5.35. The van der Waals surface area contributed by atoms with Crippen molar-refractivity contribution in [1.82, 2.24) is 19.6 Å². The van der Waals surface area contributed by atoms with Crippen LogP contribution >= 0.6 is 0 Å². The average molecular weight is 332 g/mol. The predicted molar refractivity (Wildman–Crippen MR) is 91.2 cm³/mol. The molecule has 0 N–H and O–H groups in total. The van der Waals surface area contributed by atoms with Crippen LogP contribution < -0.4 is 0 Å². The molecule has 3 heterocycles. The van der Waals surface area contributed by atoms with Crippen LogP contribution in [0.3, 0.4) is 0 Å². The first-order valence-electron chi connectivity index (χ1n) is 9.19. The van der Waals surface area contributed by atoms with Crippen molar-refractivity contribution < 1.29 is 9.59 Å². The zero-order valence-electron chi connectivity index (χ0n) is 14.6. The van der Waals surface area contributed by atoms with Gasteiger partial charge in [0.05, 0.1) is 12.6 Å². The first-order valence-corrected chi connectivity index (χ1v) is 9.19. The quantitative estimate of drug-likeness (QED) is 0.848. The molecule has 24 heavy (non-hydrogen) atoms. The summed E-state index contributed by atoms with van der Waals surface area (Å²) in [5, 5.41) is 4.28. The molecule has 0 saturated carbocycles. The molecule has 1 aromatic rings. The lowest BCUT2D eigenvalue weighted by Gasteiger charge is -2.39. The van der Waals surface area contributed by atoms with Crippen LogP contribution in [-0.4, -0.2) is 56.6 Å². The van der Waals surface area contributed by atoms with Crippen LogP contribution in [-0.2, 0) is 16.1 Å². The van der Waals surface area contributed by atoms with Gasteiger partial charge in [-0.2, -0.15) is 5.10 Å². The van der Waals surface area contributed by atoms with Gasteiger partial charge in [-0.3, -0.25) is 14.3 Å². The summed E-state index contributed by atoms with van der Waals surface area (Å²) in [5.74, 6) is 0.296. The van der Waals surface area contributed by atoms with Gasteiger partial charge >= 0.3 is 0 Å². The van der Waals surface area contributed by atoms with Crippen LogP contribution in [0, 0.1) is 0 Å². The molecule has 0 unspecified atom stereocenters. The van der Waals surface area contributed by atoms with E-state index in [-0.39, 0.29) is 23.9 Å². The Morgan fingerprint density at radius 1 is 1.04 bits per heavy atom. The SMILES string of the molecule is CC(=O)N1CCCC[C@H]1CC(=O)N1CCCC[C@H]1Cn1cccn1. The molecule has 132 valence electrons. The van der Waals surface area contributed by atoms with E-state index in [4.69, 9.17) is 0 Å². The Labute approximate surface area is 143 Å². The van der Waals surface area contributed by atoms with Gasteiger partial charge in [0.2, 0.25) is 11.8 Å². The topological polar surface area (TPSA) is 58.4 Å². The van der Waals surface area contributed by atoms with Crippen molar-refractivity contribution in [1.29, 1.82) is 0 Å². The van der Waals surface area contributed by atoms with Crippen molar-refractivity contribution in [3.63, 3.8) is 0 Å². The van der Waals surface area contributed by atoms with Gasteiger partial charge in [0.1, 0.15) is 0 Å². The van der Waals surface area contributed by atoms with Crippen LogP contribution in [0.5, 0.6) is 0 Å². The minimum absolute atomic E-state index is 0.0797. The second kappa shape index (κ2) is 7.81. The van der Waals surface area contributed by atoms with Gasteiger partial charge in [-0.15, -0.1) is 0 Å². The maximum atomic E-state index is 12.9. The Kier molecular flexibility index (Phi) is 5.53. The van der Waals surface area contributed by atoms with E-state index in [0.29, 0.717) is 6.42 Å². The van der Waals surface area contributed by atoms with Crippen molar-refractivity contribution >= 4 is 11.8 Å². The number of hydrogen-bond acceptors (Lipinski definition) is 3. The fourth-order valence-electron chi connectivity index (χ4n) is 4.09. The number of aromatic nitrogens is 2. The molecule has 0 aromatic carbocycles. The van der Waals surface area contributed by atoms with Crippen LogP contribution in [0.25, 0.3) is 0 Å². The number of carbonyl (C=O) groups excluding carboxylic acids is 2. The molecular weight excluding hydrogens is 304 g/mol. The molecule has 2 aliphatic rings. The third kappa shape index (κ3) is 3.97. The fourth-order valence-corrected chi connectivity index (χ4v) is 4.09. The lowest BCUT2D eigenvalue weighted by atomic mass is 9.96. The molecule has 2 fully saturated rings. The number of likely N-dealkylation sites (tertiary alicyclic amines) is 2. The first kappa shape index (κ1) is 17.0. The Bertz CT molecular complexity index is 557. The molecule has 2 amide bonds. The molecule has 0 aliphatic carbocycles. The highest BCUT2D eigenvalue weighted by atomic mass is 16.2. The minimum Gasteiger partial charge on any atom is -0.339 e. The van der Waals surface area contributed by atoms with Gasteiger partial charge in [-0.25, -0.2) is 0 Å². The van der Waals surface area contributed by atoms with Gasteiger partial charge in [0.25, 0.3) is 0 Å². The van der Waals surface area contributed by atoms with E-state index in [0.717, 1.165) is 51.7 Å². The van der Waals surface area contributed by atoms with Crippen LogP contribution in [0.15, 0.2) is 18.5 Å². The zero-order chi connectivity index (χ0) is 16.9. The number of carbonyl (C=O) groups is 2. The van der Waals surface area contributed by atoms with E-state index < -0.39 is 0 Å². The largest absolute Gasteiger partial charge is 0.339 e. The predicted octanol–water partition coefficient (Wildman–Crippen LogP) is 2.06. The summed E-state index contributed by atoms with van der Waals surface area (Å²) in [4.78, 5) is 28.7. The summed E-state index contributed by atoms with van der Waals surface area (Å²) in [6.07, 6.45) is 10.6. The van der Waals surface area contributed by atoms with E-state index in [1.807, 2.05) is 26.7 Å². The Morgan fingerprint density at radius 2 is 1.75 bits per heavy atom. The van der Waals surface area contributed by atoms with Crippen molar-refractivity contribution in [2.24, 2.45) is 0 Å². The van der Waals surface area contributed by atoms with Crippen LogP contribution in [0.4, 0.5) is 0 Å². The van der Waals surface area contributed by atoms with Crippen molar-refractivity contribution in [3.8, 4) is 0 Å². The van der Waals surface area contributed by atoms with Gasteiger partial charge < -0.3 is 9.80 Å². The van der Waals surface area contributed by atoms with Crippen LogP contribution in [0.2, 0.25) is 0 Å². The van der Waals surface area contributed by atoms with E-state index in [2.05, 4.69) is 5.10 Å². The highest BCUT2D eigenvalue weighted by Crippen LogP contribution is 2.24. The Morgan fingerprint density at radius 3 is 2.42 bits per heavy atom. The first-order chi connectivity index (χ1) is 11.6. The summed E-state index contributed by atoms with van der Waals surface area (Å²) < 4.78 is 1.92. The summed E-state index contributed by atoms with van der Waals surface area (Å²) in [6.45, 7) is 4.01. The lowest BCUT2D eigenvalue weighted by molar-refractivity contribution is -0.139. The summed E-state index contributed by atoms with van der Waals surface area (Å²) >= 11 is 0. The van der Waals surface area contributed by atoms with E-state index in [1.165, 1.54) is 6.42 Å². The maximum Gasteiger partial charge on any atom is 0.224 e. The van der Waals surface area contributed by atoms with Crippen LogP contribution in [0.1, 0.15) is 51.9 Å². The van der Waals surface area contributed by atoms with Crippen molar-refractivity contribution in [3.05, 3.63) is 18.5 Å². The number of rotatable bonds is 4. The molecule has 0 radical (unpaired) electrons. The molecule has 1 aromatic heterocycles. The summed E-state index contributed by atoms with van der Waals surface area (Å²) in [6, 6.07) is 2.22. The molecular formula is C18H28N4O2. The van der Waals surface area contributed by atoms with E-state index in [1.54, 1.807) is 13.1 Å². The number of piperidine rings is 2. The molecule has 2 aliphatic heterocycles. The number of hydrogen-bond donors (Lipinski definition) is 0. The average Bonchev–Trinajstić information content (AvgIpc) is 3.08. The molecule has 0 bridgehead atoms. The van der Waals surface area contributed by atoms with E-state index in [9.17, 15) is 9.59 Å².